The van der Waals surface area contributed by atoms with Gasteiger partial charge in [0.2, 0.25) is 5.91 Å². The third-order valence-corrected chi connectivity index (χ3v) is 6.81. The number of hydrogen-bond donors (Lipinski definition) is 0. The molecule has 0 aliphatic carbocycles. The molecule has 2 fully saturated rings. The van der Waals surface area contributed by atoms with Crippen LogP contribution < -0.4 is 0 Å². The Hall–Kier alpha value is -1.65. The van der Waals surface area contributed by atoms with Crippen LogP contribution in [0.25, 0.3) is 0 Å². The summed E-state index contributed by atoms with van der Waals surface area (Å²) in [6.07, 6.45) is 2.80. The van der Waals surface area contributed by atoms with Crippen molar-refractivity contribution >= 4 is 17.2 Å². The van der Waals surface area contributed by atoms with Crippen LogP contribution in [-0.4, -0.2) is 41.4 Å². The number of carbonyl (C=O) groups is 1. The normalized spacial score (nSPS) is 24.0. The summed E-state index contributed by atoms with van der Waals surface area (Å²) in [5, 5.41) is 2.15. The van der Waals surface area contributed by atoms with Crippen LogP contribution in [0.3, 0.4) is 0 Å². The van der Waals surface area contributed by atoms with Crippen LogP contribution >= 0.6 is 11.3 Å². The largest absolute Gasteiger partial charge is 0.339 e. The van der Waals surface area contributed by atoms with Crippen molar-refractivity contribution in [3.8, 4) is 0 Å². The minimum Gasteiger partial charge on any atom is -0.339 e. The van der Waals surface area contributed by atoms with Gasteiger partial charge in [-0.1, -0.05) is 36.4 Å². The van der Waals surface area contributed by atoms with Crippen molar-refractivity contribution in [2.75, 3.05) is 20.1 Å². The van der Waals surface area contributed by atoms with Gasteiger partial charge in [-0.25, -0.2) is 0 Å². The Kier molecular flexibility index (Phi) is 4.19. The van der Waals surface area contributed by atoms with Crippen molar-refractivity contribution in [2.24, 2.45) is 0 Å². The highest BCUT2D eigenvalue weighted by Gasteiger charge is 2.52. The molecule has 1 spiro atoms. The number of rotatable bonds is 3. The second kappa shape index (κ2) is 6.34. The minimum atomic E-state index is 0.00435. The van der Waals surface area contributed by atoms with Crippen molar-refractivity contribution in [3.63, 3.8) is 0 Å². The Balaban J connectivity index is 1.53. The van der Waals surface area contributed by atoms with E-state index < -0.39 is 0 Å². The molecular formula is C20H24N2OS. The number of thiophene rings is 1. The van der Waals surface area contributed by atoms with Gasteiger partial charge in [-0.2, -0.15) is 0 Å². The zero-order chi connectivity index (χ0) is 16.6. The molecule has 1 atom stereocenters. The molecule has 3 heterocycles. The van der Waals surface area contributed by atoms with Crippen molar-refractivity contribution in [1.82, 2.24) is 9.80 Å². The summed E-state index contributed by atoms with van der Waals surface area (Å²) in [6.45, 7) is 3.18. The first-order valence-electron chi connectivity index (χ1n) is 8.75. The van der Waals surface area contributed by atoms with Gasteiger partial charge in [0, 0.05) is 43.9 Å². The zero-order valence-corrected chi connectivity index (χ0v) is 15.0. The molecule has 0 saturated carbocycles. The molecule has 0 N–H and O–H groups in total. The number of amides is 1. The van der Waals surface area contributed by atoms with E-state index in [1.165, 1.54) is 10.4 Å². The van der Waals surface area contributed by atoms with E-state index in [0.29, 0.717) is 18.2 Å². The first-order chi connectivity index (χ1) is 11.7. The second-order valence-corrected chi connectivity index (χ2v) is 8.11. The maximum atomic E-state index is 12.5. The second-order valence-electron chi connectivity index (χ2n) is 7.08. The van der Waals surface area contributed by atoms with E-state index in [1.54, 1.807) is 0 Å². The molecule has 2 aliphatic heterocycles. The maximum Gasteiger partial charge on any atom is 0.223 e. The van der Waals surface area contributed by atoms with Crippen LogP contribution in [0.4, 0.5) is 0 Å². The Labute approximate surface area is 147 Å². The van der Waals surface area contributed by atoms with Gasteiger partial charge in [0.15, 0.2) is 0 Å². The predicted molar refractivity (Wildman–Crippen MR) is 98.1 cm³/mol. The van der Waals surface area contributed by atoms with Gasteiger partial charge in [0.1, 0.15) is 0 Å². The summed E-state index contributed by atoms with van der Waals surface area (Å²) < 4.78 is 0. The Morgan fingerprint density at radius 2 is 1.88 bits per heavy atom. The number of piperidine rings is 1. The van der Waals surface area contributed by atoms with E-state index in [-0.39, 0.29) is 5.54 Å². The molecular weight excluding hydrogens is 316 g/mol. The molecule has 4 rings (SSSR count). The average molecular weight is 340 g/mol. The molecule has 2 saturated heterocycles. The average Bonchev–Trinajstić information content (AvgIpc) is 3.21. The fraction of sp³-hybridized carbons (Fsp3) is 0.450. The lowest BCUT2D eigenvalue weighted by atomic mass is 9.74. The lowest BCUT2D eigenvalue weighted by molar-refractivity contribution is -0.130. The van der Waals surface area contributed by atoms with Crippen LogP contribution in [0.2, 0.25) is 0 Å². The van der Waals surface area contributed by atoms with Crippen molar-refractivity contribution in [3.05, 3.63) is 58.3 Å². The summed E-state index contributed by atoms with van der Waals surface area (Å²) in [5.41, 5.74) is 1.33. The number of nitrogens with zero attached hydrogens (tertiary/aromatic N) is 2. The van der Waals surface area contributed by atoms with Crippen LogP contribution in [0.5, 0.6) is 0 Å². The van der Waals surface area contributed by atoms with Crippen LogP contribution in [0.1, 0.15) is 35.6 Å². The molecule has 4 heteroatoms. The SMILES string of the molecule is CN1C(=O)C[C@@H](c2ccccc2)C12CCN(Cc1cccs1)CC2. The molecule has 2 aromatic rings. The predicted octanol–water partition coefficient (Wildman–Crippen LogP) is 3.73. The van der Waals surface area contributed by atoms with E-state index in [4.69, 9.17) is 0 Å². The third kappa shape index (κ3) is 2.68. The molecule has 2 aliphatic rings. The molecule has 0 bridgehead atoms. The fourth-order valence-electron chi connectivity index (χ4n) is 4.50. The Morgan fingerprint density at radius 3 is 2.54 bits per heavy atom. The number of likely N-dealkylation sites (N-methyl/N-ethyl adjacent to an activating group) is 1. The van der Waals surface area contributed by atoms with Gasteiger partial charge in [-0.05, 0) is 29.9 Å². The summed E-state index contributed by atoms with van der Waals surface area (Å²) >= 11 is 1.83. The van der Waals surface area contributed by atoms with Gasteiger partial charge in [0.25, 0.3) is 0 Å². The van der Waals surface area contributed by atoms with Gasteiger partial charge in [-0.15, -0.1) is 11.3 Å². The number of likely N-dealkylation sites (tertiary alicyclic amines) is 2. The first-order valence-corrected chi connectivity index (χ1v) is 9.63. The fourth-order valence-corrected chi connectivity index (χ4v) is 5.25. The molecule has 1 aromatic carbocycles. The summed E-state index contributed by atoms with van der Waals surface area (Å²) in [7, 11) is 2.01. The summed E-state index contributed by atoms with van der Waals surface area (Å²) in [4.78, 5) is 18.5. The smallest absolute Gasteiger partial charge is 0.223 e. The number of carbonyl (C=O) groups excluding carboxylic acids is 1. The standard InChI is InChI=1S/C20H24N2OS/c1-21-19(23)14-18(16-6-3-2-4-7-16)20(21)9-11-22(12-10-20)15-17-8-5-13-24-17/h2-8,13,18H,9-12,14-15H2,1H3/t18-/m0/s1. The highest BCUT2D eigenvalue weighted by atomic mass is 32.1. The van der Waals surface area contributed by atoms with Crippen molar-refractivity contribution in [2.45, 2.75) is 37.3 Å². The summed E-state index contributed by atoms with van der Waals surface area (Å²) in [6, 6.07) is 15.0. The maximum absolute atomic E-state index is 12.5. The van der Waals surface area contributed by atoms with Crippen molar-refractivity contribution < 1.29 is 4.79 Å². The monoisotopic (exact) mass is 340 g/mol. The molecule has 0 radical (unpaired) electrons. The highest BCUT2D eigenvalue weighted by Crippen LogP contribution is 2.48. The van der Waals surface area contributed by atoms with Gasteiger partial charge >= 0.3 is 0 Å². The van der Waals surface area contributed by atoms with Crippen molar-refractivity contribution in [1.29, 1.82) is 0 Å². The number of hydrogen-bond acceptors (Lipinski definition) is 3. The zero-order valence-electron chi connectivity index (χ0n) is 14.1. The van der Waals surface area contributed by atoms with Crippen LogP contribution in [0.15, 0.2) is 47.8 Å². The van der Waals surface area contributed by atoms with Crippen LogP contribution in [0, 0.1) is 0 Å². The van der Waals surface area contributed by atoms with Gasteiger partial charge in [0.05, 0.1) is 5.54 Å². The molecule has 1 amide bonds. The topological polar surface area (TPSA) is 23.6 Å². The molecule has 0 unspecified atom stereocenters. The molecule has 126 valence electrons. The van der Waals surface area contributed by atoms with E-state index >= 15 is 0 Å². The van der Waals surface area contributed by atoms with Gasteiger partial charge < -0.3 is 4.90 Å². The third-order valence-electron chi connectivity index (χ3n) is 5.95. The first kappa shape index (κ1) is 15.9. The van der Waals surface area contributed by atoms with E-state index in [0.717, 1.165) is 32.5 Å². The van der Waals surface area contributed by atoms with E-state index in [1.807, 2.05) is 18.4 Å². The highest BCUT2D eigenvalue weighted by molar-refractivity contribution is 7.09. The quantitative estimate of drug-likeness (QED) is 0.850. The molecule has 1 aromatic heterocycles. The molecule has 24 heavy (non-hydrogen) atoms. The lowest BCUT2D eigenvalue weighted by Gasteiger charge is -2.46. The van der Waals surface area contributed by atoms with Gasteiger partial charge in [-0.3, -0.25) is 9.69 Å². The lowest BCUT2D eigenvalue weighted by Crippen LogP contribution is -2.53. The Morgan fingerprint density at radius 1 is 1.12 bits per heavy atom. The number of benzene rings is 1. The Bertz CT molecular complexity index is 690. The summed E-state index contributed by atoms with van der Waals surface area (Å²) in [5.74, 6) is 0.635. The van der Waals surface area contributed by atoms with E-state index in [2.05, 4.69) is 57.6 Å². The van der Waals surface area contributed by atoms with E-state index in [9.17, 15) is 4.79 Å². The molecule has 3 nitrogen and oxygen atoms in total. The van der Waals surface area contributed by atoms with Crippen LogP contribution in [-0.2, 0) is 11.3 Å². The minimum absolute atomic E-state index is 0.00435.